The minimum atomic E-state index is 0.0203. The molecule has 2 rings (SSSR count). The first-order valence-corrected chi connectivity index (χ1v) is 5.50. The molecule has 0 unspecified atom stereocenters. The van der Waals surface area contributed by atoms with E-state index < -0.39 is 0 Å². The molecule has 4 heteroatoms. The number of fused-ring (bicyclic) bond motifs is 1. The highest BCUT2D eigenvalue weighted by molar-refractivity contribution is 7.15. The monoisotopic (exact) mass is 208 g/mol. The number of rotatable bonds is 2. The first kappa shape index (κ1) is 9.40. The zero-order chi connectivity index (χ0) is 10.1. The fraction of sp³-hybridized carbons (Fsp3) is 0.400. The third-order valence-corrected chi connectivity index (χ3v) is 2.73. The van der Waals surface area contributed by atoms with Crippen molar-refractivity contribution < 1.29 is 0 Å². The van der Waals surface area contributed by atoms with Crippen molar-refractivity contribution >= 4 is 16.3 Å². The molecule has 0 N–H and O–H groups in total. The van der Waals surface area contributed by atoms with E-state index in [1.165, 1.54) is 11.3 Å². The highest BCUT2D eigenvalue weighted by Crippen LogP contribution is 2.09. The van der Waals surface area contributed by atoms with Crippen LogP contribution >= 0.6 is 11.3 Å². The Bertz CT molecular complexity index is 498. The normalized spacial score (nSPS) is 11.4. The van der Waals surface area contributed by atoms with Crippen LogP contribution in [-0.4, -0.2) is 9.38 Å². The number of aromatic nitrogens is 2. The molecule has 0 atom stereocenters. The lowest BCUT2D eigenvalue weighted by molar-refractivity contribution is 0.635. The zero-order valence-corrected chi connectivity index (χ0v) is 9.04. The van der Waals surface area contributed by atoms with Gasteiger partial charge in [-0.15, -0.1) is 11.3 Å². The molecule has 0 aliphatic rings. The van der Waals surface area contributed by atoms with Crippen LogP contribution in [0.4, 0.5) is 0 Å². The van der Waals surface area contributed by atoms with Crippen LogP contribution in [-0.2, 0) is 6.42 Å². The van der Waals surface area contributed by atoms with Gasteiger partial charge in [-0.1, -0.05) is 13.8 Å². The molecular formula is C10H12N2OS. The van der Waals surface area contributed by atoms with Gasteiger partial charge in [0.25, 0.3) is 5.56 Å². The number of thiazole rings is 1. The van der Waals surface area contributed by atoms with Gasteiger partial charge in [0.05, 0.1) is 0 Å². The Labute approximate surface area is 86.0 Å². The summed E-state index contributed by atoms with van der Waals surface area (Å²) in [6.45, 7) is 4.25. The molecule has 0 aliphatic heterocycles. The van der Waals surface area contributed by atoms with Crippen LogP contribution in [0.15, 0.2) is 22.4 Å². The molecule has 74 valence electrons. The summed E-state index contributed by atoms with van der Waals surface area (Å²) >= 11 is 1.49. The molecule has 0 bridgehead atoms. The van der Waals surface area contributed by atoms with Crippen LogP contribution in [0.5, 0.6) is 0 Å². The van der Waals surface area contributed by atoms with Gasteiger partial charge in [-0.2, -0.15) is 0 Å². The van der Waals surface area contributed by atoms with Crippen LogP contribution in [0, 0.1) is 5.92 Å². The standard InChI is InChI=1S/C10H12N2OS/c1-7(2)5-8-6-9(13)12-3-4-14-10(12)11-8/h3-4,6-7H,5H2,1-2H3. The van der Waals surface area contributed by atoms with Crippen LogP contribution in [0.1, 0.15) is 19.5 Å². The molecule has 0 fully saturated rings. The first-order chi connectivity index (χ1) is 6.66. The Balaban J connectivity index is 2.53. The largest absolute Gasteiger partial charge is 0.269 e. The fourth-order valence-electron chi connectivity index (χ4n) is 1.41. The molecule has 0 aromatic carbocycles. The van der Waals surface area contributed by atoms with Crippen molar-refractivity contribution in [2.45, 2.75) is 20.3 Å². The summed E-state index contributed by atoms with van der Waals surface area (Å²) in [6, 6.07) is 1.62. The van der Waals surface area contributed by atoms with E-state index in [1.54, 1.807) is 16.7 Å². The lowest BCUT2D eigenvalue weighted by Crippen LogP contribution is -2.13. The van der Waals surface area contributed by atoms with Gasteiger partial charge in [0.1, 0.15) is 0 Å². The summed E-state index contributed by atoms with van der Waals surface area (Å²) in [5, 5.41) is 1.88. The minimum Gasteiger partial charge on any atom is -0.269 e. The molecule has 2 heterocycles. The predicted octanol–water partition coefficient (Wildman–Crippen LogP) is 1.95. The third kappa shape index (κ3) is 1.70. The molecule has 0 saturated carbocycles. The maximum absolute atomic E-state index is 11.6. The number of hydrogen-bond donors (Lipinski definition) is 0. The van der Waals surface area contributed by atoms with Crippen LogP contribution < -0.4 is 5.56 Å². The van der Waals surface area contributed by atoms with Crippen LogP contribution in [0.2, 0.25) is 0 Å². The predicted molar refractivity (Wildman–Crippen MR) is 57.9 cm³/mol. The van der Waals surface area contributed by atoms with Gasteiger partial charge in [-0.3, -0.25) is 9.20 Å². The molecule has 14 heavy (non-hydrogen) atoms. The maximum Gasteiger partial charge on any atom is 0.258 e. The van der Waals surface area contributed by atoms with Crippen molar-refractivity contribution in [3.8, 4) is 0 Å². The molecule has 2 aromatic rings. The molecule has 0 saturated heterocycles. The summed E-state index contributed by atoms with van der Waals surface area (Å²) in [5.41, 5.74) is 0.916. The summed E-state index contributed by atoms with van der Waals surface area (Å²) in [5.74, 6) is 0.532. The van der Waals surface area contributed by atoms with Gasteiger partial charge in [0.15, 0.2) is 4.96 Å². The summed E-state index contributed by atoms with van der Waals surface area (Å²) in [7, 11) is 0. The third-order valence-electron chi connectivity index (χ3n) is 1.97. The summed E-state index contributed by atoms with van der Waals surface area (Å²) in [4.78, 5) is 16.8. The highest BCUT2D eigenvalue weighted by atomic mass is 32.1. The van der Waals surface area contributed by atoms with Gasteiger partial charge < -0.3 is 0 Å². The number of hydrogen-bond acceptors (Lipinski definition) is 3. The molecule has 0 aliphatic carbocycles. The van der Waals surface area contributed by atoms with Gasteiger partial charge in [0.2, 0.25) is 0 Å². The summed E-state index contributed by atoms with van der Waals surface area (Å²) < 4.78 is 1.58. The molecule has 2 aromatic heterocycles. The number of nitrogens with zero attached hydrogens (tertiary/aromatic N) is 2. The van der Waals surface area contributed by atoms with Crippen molar-refractivity contribution in [2.24, 2.45) is 5.92 Å². The van der Waals surface area contributed by atoms with E-state index in [4.69, 9.17) is 0 Å². The SMILES string of the molecule is CC(C)Cc1cc(=O)n2ccsc2n1. The molecule has 0 amide bonds. The van der Waals surface area contributed by atoms with E-state index >= 15 is 0 Å². The van der Waals surface area contributed by atoms with Crippen molar-refractivity contribution in [1.29, 1.82) is 0 Å². The van der Waals surface area contributed by atoms with E-state index in [0.717, 1.165) is 17.1 Å². The van der Waals surface area contributed by atoms with E-state index in [1.807, 2.05) is 5.38 Å². The Morgan fingerprint density at radius 1 is 1.57 bits per heavy atom. The first-order valence-electron chi connectivity index (χ1n) is 4.62. The quantitative estimate of drug-likeness (QED) is 0.756. The average Bonchev–Trinajstić information content (AvgIpc) is 2.50. The fourth-order valence-corrected chi connectivity index (χ4v) is 2.15. The Morgan fingerprint density at radius 2 is 2.36 bits per heavy atom. The van der Waals surface area contributed by atoms with Crippen molar-refractivity contribution in [2.75, 3.05) is 0 Å². The second-order valence-electron chi connectivity index (χ2n) is 3.74. The Morgan fingerprint density at radius 3 is 3.07 bits per heavy atom. The smallest absolute Gasteiger partial charge is 0.258 e. The summed E-state index contributed by atoms with van der Waals surface area (Å²) in [6.07, 6.45) is 2.62. The van der Waals surface area contributed by atoms with Crippen molar-refractivity contribution in [1.82, 2.24) is 9.38 Å². The van der Waals surface area contributed by atoms with E-state index in [9.17, 15) is 4.79 Å². The van der Waals surface area contributed by atoms with Crippen molar-refractivity contribution in [3.05, 3.63) is 33.7 Å². The molecule has 3 nitrogen and oxygen atoms in total. The second-order valence-corrected chi connectivity index (χ2v) is 4.61. The van der Waals surface area contributed by atoms with Gasteiger partial charge >= 0.3 is 0 Å². The Kier molecular flexibility index (Phi) is 2.37. The van der Waals surface area contributed by atoms with Gasteiger partial charge in [0, 0.05) is 23.3 Å². The lowest BCUT2D eigenvalue weighted by Gasteiger charge is -2.03. The second kappa shape index (κ2) is 3.53. The van der Waals surface area contributed by atoms with Gasteiger partial charge in [-0.25, -0.2) is 4.98 Å². The van der Waals surface area contributed by atoms with Crippen molar-refractivity contribution in [3.63, 3.8) is 0 Å². The maximum atomic E-state index is 11.6. The molecule has 0 spiro atoms. The average molecular weight is 208 g/mol. The van der Waals surface area contributed by atoms with Crippen LogP contribution in [0.25, 0.3) is 4.96 Å². The van der Waals surface area contributed by atoms with E-state index in [-0.39, 0.29) is 5.56 Å². The van der Waals surface area contributed by atoms with E-state index in [0.29, 0.717) is 5.92 Å². The van der Waals surface area contributed by atoms with Gasteiger partial charge in [-0.05, 0) is 12.3 Å². The van der Waals surface area contributed by atoms with Crippen LogP contribution in [0.3, 0.4) is 0 Å². The lowest BCUT2D eigenvalue weighted by atomic mass is 10.1. The molecule has 0 radical (unpaired) electrons. The minimum absolute atomic E-state index is 0.0203. The molecular weight excluding hydrogens is 196 g/mol. The van der Waals surface area contributed by atoms with E-state index in [2.05, 4.69) is 18.8 Å². The zero-order valence-electron chi connectivity index (χ0n) is 8.23. The Hall–Kier alpha value is -1.16. The topological polar surface area (TPSA) is 34.4 Å². The highest BCUT2D eigenvalue weighted by Gasteiger charge is 2.04.